The second kappa shape index (κ2) is 4.79. The molecule has 2 N–H and O–H groups in total. The number of hydrogen-bond acceptors (Lipinski definition) is 2. The summed E-state index contributed by atoms with van der Waals surface area (Å²) >= 11 is 0. The smallest absolute Gasteiger partial charge is 0.0911 e. The van der Waals surface area contributed by atoms with Crippen LogP contribution < -0.4 is 5.32 Å². The molecule has 0 bridgehead atoms. The molecule has 2 rings (SSSR count). The third kappa shape index (κ3) is 2.53. The van der Waals surface area contributed by atoms with E-state index in [2.05, 4.69) is 37.4 Å². The lowest BCUT2D eigenvalue weighted by molar-refractivity contribution is -0.0161. The lowest BCUT2D eigenvalue weighted by Crippen LogP contribution is -2.42. The van der Waals surface area contributed by atoms with Gasteiger partial charge in [0.1, 0.15) is 0 Å². The minimum Gasteiger partial charge on any atom is -0.385 e. The molecule has 94 valence electrons. The summed E-state index contributed by atoms with van der Waals surface area (Å²) in [7, 11) is 0. The maximum atomic E-state index is 10.8. The summed E-state index contributed by atoms with van der Waals surface area (Å²) in [5.41, 5.74) is 2.81. The number of hydrogen-bond donors (Lipinski definition) is 2. The van der Waals surface area contributed by atoms with Gasteiger partial charge in [0.2, 0.25) is 0 Å². The molecule has 1 heterocycles. The Bertz CT molecular complexity index is 392. The average molecular weight is 233 g/mol. The van der Waals surface area contributed by atoms with Crippen molar-refractivity contribution in [1.82, 2.24) is 5.32 Å². The molecular weight excluding hydrogens is 210 g/mol. The number of piperidine rings is 1. The van der Waals surface area contributed by atoms with Crippen molar-refractivity contribution in [2.45, 2.75) is 39.2 Å². The fourth-order valence-corrected chi connectivity index (χ4v) is 2.93. The quantitative estimate of drug-likeness (QED) is 0.822. The van der Waals surface area contributed by atoms with Crippen molar-refractivity contribution in [3.63, 3.8) is 0 Å². The summed E-state index contributed by atoms with van der Waals surface area (Å²) in [4.78, 5) is 0. The predicted molar refractivity (Wildman–Crippen MR) is 71.1 cm³/mol. The molecule has 0 aliphatic carbocycles. The first kappa shape index (κ1) is 12.6. The molecule has 17 heavy (non-hydrogen) atoms. The third-order valence-corrected chi connectivity index (χ3v) is 4.02. The normalized spacial score (nSPS) is 24.4. The third-order valence-electron chi connectivity index (χ3n) is 4.02. The van der Waals surface area contributed by atoms with Gasteiger partial charge in [-0.3, -0.25) is 0 Å². The van der Waals surface area contributed by atoms with Crippen LogP contribution in [0.25, 0.3) is 0 Å². The molecule has 0 spiro atoms. The van der Waals surface area contributed by atoms with E-state index in [1.807, 2.05) is 6.92 Å². The molecular formula is C15H23NO. The van der Waals surface area contributed by atoms with Gasteiger partial charge in [-0.05, 0) is 51.3 Å². The Kier molecular flexibility index (Phi) is 3.55. The van der Waals surface area contributed by atoms with E-state index in [4.69, 9.17) is 0 Å². The summed E-state index contributed by atoms with van der Waals surface area (Å²) in [5.74, 6) is 0.317. The Hall–Kier alpha value is -0.860. The van der Waals surface area contributed by atoms with Crippen molar-refractivity contribution in [2.24, 2.45) is 5.92 Å². The fourth-order valence-electron chi connectivity index (χ4n) is 2.93. The largest absolute Gasteiger partial charge is 0.385 e. The summed E-state index contributed by atoms with van der Waals surface area (Å²) in [6, 6.07) is 6.33. The van der Waals surface area contributed by atoms with Crippen LogP contribution in [0.3, 0.4) is 0 Å². The second-order valence-electron chi connectivity index (χ2n) is 5.51. The van der Waals surface area contributed by atoms with Gasteiger partial charge in [-0.1, -0.05) is 23.8 Å². The van der Waals surface area contributed by atoms with Crippen LogP contribution >= 0.6 is 0 Å². The Morgan fingerprint density at radius 3 is 2.71 bits per heavy atom. The minimum absolute atomic E-state index is 0.317. The molecule has 2 unspecified atom stereocenters. The second-order valence-corrected chi connectivity index (χ2v) is 5.51. The minimum atomic E-state index is -0.717. The van der Waals surface area contributed by atoms with E-state index in [1.165, 1.54) is 11.1 Å². The van der Waals surface area contributed by atoms with E-state index in [9.17, 15) is 5.11 Å². The molecule has 1 aromatic carbocycles. The highest BCUT2D eigenvalue weighted by atomic mass is 16.3. The van der Waals surface area contributed by atoms with Gasteiger partial charge >= 0.3 is 0 Å². The zero-order chi connectivity index (χ0) is 12.5. The first-order valence-corrected chi connectivity index (χ1v) is 6.52. The highest BCUT2D eigenvalue weighted by Gasteiger charge is 2.35. The van der Waals surface area contributed by atoms with Crippen molar-refractivity contribution in [1.29, 1.82) is 0 Å². The van der Waals surface area contributed by atoms with Crippen LogP contribution in [0, 0.1) is 19.8 Å². The van der Waals surface area contributed by atoms with Gasteiger partial charge in [0, 0.05) is 12.5 Å². The number of rotatable bonds is 2. The SMILES string of the molecule is Cc1ccc(C(C)(O)C2CCCNC2)c(C)c1. The van der Waals surface area contributed by atoms with E-state index in [0.29, 0.717) is 5.92 Å². The summed E-state index contributed by atoms with van der Waals surface area (Å²) in [6.07, 6.45) is 2.26. The Morgan fingerprint density at radius 2 is 2.12 bits per heavy atom. The van der Waals surface area contributed by atoms with Crippen LogP contribution in [0.4, 0.5) is 0 Å². The molecule has 0 amide bonds. The van der Waals surface area contributed by atoms with Crippen molar-refractivity contribution in [3.8, 4) is 0 Å². The number of aliphatic hydroxyl groups is 1. The molecule has 1 saturated heterocycles. The average Bonchev–Trinajstić information content (AvgIpc) is 2.29. The molecule has 0 radical (unpaired) electrons. The molecule has 1 aromatic rings. The van der Waals surface area contributed by atoms with Crippen LogP contribution in [0.15, 0.2) is 18.2 Å². The zero-order valence-electron chi connectivity index (χ0n) is 11.1. The Morgan fingerprint density at radius 1 is 1.35 bits per heavy atom. The van der Waals surface area contributed by atoms with Gasteiger partial charge in [0.15, 0.2) is 0 Å². The molecule has 2 nitrogen and oxygen atoms in total. The molecule has 0 aromatic heterocycles. The van der Waals surface area contributed by atoms with Crippen LogP contribution in [0.5, 0.6) is 0 Å². The van der Waals surface area contributed by atoms with Gasteiger partial charge in [-0.15, -0.1) is 0 Å². The van der Waals surface area contributed by atoms with E-state index >= 15 is 0 Å². The summed E-state index contributed by atoms with van der Waals surface area (Å²) in [5, 5.41) is 14.2. The first-order chi connectivity index (χ1) is 8.01. The summed E-state index contributed by atoms with van der Waals surface area (Å²) in [6.45, 7) is 8.14. The molecule has 1 aliphatic rings. The van der Waals surface area contributed by atoms with Gasteiger partial charge in [0.25, 0.3) is 0 Å². The zero-order valence-corrected chi connectivity index (χ0v) is 11.1. The van der Waals surface area contributed by atoms with Gasteiger partial charge in [-0.2, -0.15) is 0 Å². The Labute approximate surface area is 104 Å². The Balaban J connectivity index is 2.29. The molecule has 0 saturated carbocycles. The van der Waals surface area contributed by atoms with Crippen molar-refractivity contribution in [2.75, 3.05) is 13.1 Å². The highest BCUT2D eigenvalue weighted by Crippen LogP contribution is 2.35. The number of benzene rings is 1. The number of nitrogens with one attached hydrogen (secondary N) is 1. The first-order valence-electron chi connectivity index (χ1n) is 6.52. The molecule has 2 atom stereocenters. The van der Waals surface area contributed by atoms with Gasteiger partial charge in [0.05, 0.1) is 5.60 Å². The standard InChI is InChI=1S/C15H23NO/c1-11-6-7-14(12(2)9-11)15(3,17)13-5-4-8-16-10-13/h6-7,9,13,16-17H,4-5,8,10H2,1-3H3. The van der Waals surface area contributed by atoms with Gasteiger partial charge < -0.3 is 10.4 Å². The van der Waals surface area contributed by atoms with Crippen molar-refractivity contribution >= 4 is 0 Å². The van der Waals surface area contributed by atoms with Crippen molar-refractivity contribution in [3.05, 3.63) is 34.9 Å². The van der Waals surface area contributed by atoms with Crippen LogP contribution in [-0.4, -0.2) is 18.2 Å². The monoisotopic (exact) mass is 233 g/mol. The lowest BCUT2D eigenvalue weighted by atomic mass is 9.77. The van der Waals surface area contributed by atoms with Crippen molar-refractivity contribution < 1.29 is 5.11 Å². The van der Waals surface area contributed by atoms with Crippen LogP contribution in [-0.2, 0) is 5.60 Å². The topological polar surface area (TPSA) is 32.3 Å². The maximum Gasteiger partial charge on any atom is 0.0911 e. The van der Waals surface area contributed by atoms with Crippen LogP contribution in [0.2, 0.25) is 0 Å². The van der Waals surface area contributed by atoms with Gasteiger partial charge in [-0.25, -0.2) is 0 Å². The van der Waals surface area contributed by atoms with Crippen LogP contribution in [0.1, 0.15) is 36.5 Å². The van der Waals surface area contributed by atoms with E-state index in [0.717, 1.165) is 31.5 Å². The summed E-state index contributed by atoms with van der Waals surface area (Å²) < 4.78 is 0. The highest BCUT2D eigenvalue weighted by molar-refractivity contribution is 5.35. The van der Waals surface area contributed by atoms with E-state index in [-0.39, 0.29) is 0 Å². The maximum absolute atomic E-state index is 10.8. The molecule has 1 fully saturated rings. The van der Waals surface area contributed by atoms with E-state index in [1.54, 1.807) is 0 Å². The number of aryl methyl sites for hydroxylation is 2. The molecule has 2 heteroatoms. The van der Waals surface area contributed by atoms with E-state index < -0.39 is 5.60 Å². The fraction of sp³-hybridized carbons (Fsp3) is 0.600. The lowest BCUT2D eigenvalue weighted by Gasteiger charge is -2.37. The molecule has 1 aliphatic heterocycles. The predicted octanol–water partition coefficient (Wildman–Crippen LogP) is 2.51.